The van der Waals surface area contributed by atoms with E-state index in [0.29, 0.717) is 6.61 Å². The van der Waals surface area contributed by atoms with E-state index in [1.165, 1.54) is 11.8 Å². The summed E-state index contributed by atoms with van der Waals surface area (Å²) in [5.41, 5.74) is 7.33. The molecule has 0 spiro atoms. The van der Waals surface area contributed by atoms with E-state index in [-0.39, 0.29) is 11.2 Å². The van der Waals surface area contributed by atoms with Crippen LogP contribution in [-0.4, -0.2) is 34.4 Å². The van der Waals surface area contributed by atoms with Gasteiger partial charge >= 0.3 is 0 Å². The molecule has 2 N–H and O–H groups in total. The number of carbonyl (C=O) groups is 1. The maximum atomic E-state index is 11.1. The first-order chi connectivity index (χ1) is 7.97. The molecule has 1 atom stereocenters. The summed E-state index contributed by atoms with van der Waals surface area (Å²) >= 11 is 1.39. The summed E-state index contributed by atoms with van der Waals surface area (Å²) in [6.07, 6.45) is 0. The van der Waals surface area contributed by atoms with Gasteiger partial charge in [0.15, 0.2) is 5.16 Å². The molecule has 1 aromatic rings. The second kappa shape index (κ2) is 6.07. The van der Waals surface area contributed by atoms with Crippen LogP contribution < -0.4 is 5.73 Å². The summed E-state index contributed by atoms with van der Waals surface area (Å²) in [6, 6.07) is 0. The zero-order valence-electron chi connectivity index (χ0n) is 10.7. The van der Waals surface area contributed by atoms with Gasteiger partial charge in [0.1, 0.15) is 0 Å². The lowest BCUT2D eigenvalue weighted by Gasteiger charge is -2.11. The number of nitrogens with zero attached hydrogens (tertiary/aromatic N) is 2. The number of aromatic nitrogens is 2. The molecule has 1 heterocycles. The number of ether oxygens (including phenoxy) is 1. The average Bonchev–Trinajstić information content (AvgIpc) is 2.52. The van der Waals surface area contributed by atoms with E-state index in [1.807, 2.05) is 13.8 Å². The molecule has 1 unspecified atom stereocenters. The van der Waals surface area contributed by atoms with Crippen LogP contribution in [0.25, 0.3) is 0 Å². The molecule has 1 rings (SSSR count). The third-order valence-corrected chi connectivity index (χ3v) is 3.73. The van der Waals surface area contributed by atoms with Crippen molar-refractivity contribution in [1.82, 2.24) is 9.55 Å². The number of hydrogen-bond acceptors (Lipinski definition) is 4. The van der Waals surface area contributed by atoms with E-state index in [0.717, 1.165) is 23.1 Å². The third kappa shape index (κ3) is 3.47. The van der Waals surface area contributed by atoms with E-state index in [9.17, 15) is 4.79 Å². The molecule has 6 heteroatoms. The number of carbonyl (C=O) groups excluding carboxylic acids is 1. The topological polar surface area (TPSA) is 70.1 Å². The Bertz CT molecular complexity index is 404. The fourth-order valence-electron chi connectivity index (χ4n) is 1.38. The lowest BCUT2D eigenvalue weighted by molar-refractivity contribution is -0.117. The average molecular weight is 257 g/mol. The molecule has 0 bridgehead atoms. The Kier molecular flexibility index (Phi) is 5.02. The highest BCUT2D eigenvalue weighted by Gasteiger charge is 2.17. The van der Waals surface area contributed by atoms with Crippen LogP contribution in [0.5, 0.6) is 0 Å². The highest BCUT2D eigenvalue weighted by molar-refractivity contribution is 8.00. The van der Waals surface area contributed by atoms with Gasteiger partial charge in [0.05, 0.1) is 17.6 Å². The summed E-state index contributed by atoms with van der Waals surface area (Å²) < 4.78 is 7.13. The number of aryl methyl sites for hydroxylation is 1. The maximum absolute atomic E-state index is 11.1. The Labute approximate surface area is 106 Å². The third-order valence-electron chi connectivity index (χ3n) is 2.62. The van der Waals surface area contributed by atoms with Crippen molar-refractivity contribution in [2.45, 2.75) is 37.7 Å². The number of hydrogen-bond donors (Lipinski definition) is 1. The number of rotatable bonds is 6. The van der Waals surface area contributed by atoms with Crippen LogP contribution >= 0.6 is 11.8 Å². The number of thioether (sulfide) groups is 1. The minimum absolute atomic E-state index is 0.280. The Morgan fingerprint density at radius 3 is 2.76 bits per heavy atom. The molecule has 0 fully saturated rings. The fraction of sp³-hybridized carbons (Fsp3) is 0.636. The molecule has 5 nitrogen and oxygen atoms in total. The molecular formula is C11H19N3O2S. The van der Waals surface area contributed by atoms with E-state index in [1.54, 1.807) is 14.0 Å². The molecule has 1 aromatic heterocycles. The molecular weight excluding hydrogens is 238 g/mol. The largest absolute Gasteiger partial charge is 0.383 e. The monoisotopic (exact) mass is 257 g/mol. The van der Waals surface area contributed by atoms with Gasteiger partial charge in [-0.05, 0) is 20.8 Å². The van der Waals surface area contributed by atoms with Gasteiger partial charge in [0, 0.05) is 19.3 Å². The fourth-order valence-corrected chi connectivity index (χ4v) is 2.35. The zero-order chi connectivity index (χ0) is 13.0. The summed E-state index contributed by atoms with van der Waals surface area (Å²) in [5.74, 6) is -0.327. The van der Waals surface area contributed by atoms with Gasteiger partial charge in [-0.15, -0.1) is 0 Å². The minimum atomic E-state index is -0.327. The van der Waals surface area contributed by atoms with Crippen LogP contribution in [0, 0.1) is 13.8 Å². The Balaban J connectivity index is 2.90. The van der Waals surface area contributed by atoms with E-state index < -0.39 is 0 Å². The van der Waals surface area contributed by atoms with Gasteiger partial charge in [0.2, 0.25) is 5.91 Å². The van der Waals surface area contributed by atoms with Gasteiger partial charge in [-0.2, -0.15) is 0 Å². The molecule has 0 aromatic carbocycles. The minimum Gasteiger partial charge on any atom is -0.383 e. The molecule has 0 saturated carbocycles. The first-order valence-corrected chi connectivity index (χ1v) is 6.34. The van der Waals surface area contributed by atoms with Crippen molar-refractivity contribution < 1.29 is 9.53 Å². The zero-order valence-corrected chi connectivity index (χ0v) is 11.5. The first-order valence-electron chi connectivity index (χ1n) is 5.46. The summed E-state index contributed by atoms with van der Waals surface area (Å²) in [5, 5.41) is 0.542. The predicted octanol–water partition coefficient (Wildman–Crippen LogP) is 1.11. The molecule has 0 aliphatic carbocycles. The second-order valence-corrected chi connectivity index (χ2v) is 5.18. The maximum Gasteiger partial charge on any atom is 0.230 e. The van der Waals surface area contributed by atoms with Crippen LogP contribution in [0.4, 0.5) is 0 Å². The summed E-state index contributed by atoms with van der Waals surface area (Å²) in [4.78, 5) is 15.5. The number of methoxy groups -OCH3 is 1. The van der Waals surface area contributed by atoms with E-state index in [2.05, 4.69) is 9.55 Å². The van der Waals surface area contributed by atoms with Gasteiger partial charge in [-0.25, -0.2) is 4.98 Å². The van der Waals surface area contributed by atoms with Crippen molar-refractivity contribution in [3.63, 3.8) is 0 Å². The van der Waals surface area contributed by atoms with Crippen molar-refractivity contribution in [2.24, 2.45) is 5.73 Å². The van der Waals surface area contributed by atoms with E-state index >= 15 is 0 Å². The molecule has 1 amide bonds. The Morgan fingerprint density at radius 2 is 2.24 bits per heavy atom. The lowest BCUT2D eigenvalue weighted by atomic mass is 10.4. The highest BCUT2D eigenvalue weighted by atomic mass is 32.2. The standard InChI is InChI=1S/C11H19N3O2S/c1-7-8(2)14(5-6-16-4)11(13-7)17-9(3)10(12)15/h9H,5-6H2,1-4H3,(H2,12,15). The summed E-state index contributed by atoms with van der Waals surface area (Å²) in [6.45, 7) is 7.10. The van der Waals surface area contributed by atoms with Crippen molar-refractivity contribution in [1.29, 1.82) is 0 Å². The van der Waals surface area contributed by atoms with Crippen LogP contribution in [0.2, 0.25) is 0 Å². The Morgan fingerprint density at radius 1 is 1.59 bits per heavy atom. The van der Waals surface area contributed by atoms with Crippen LogP contribution in [-0.2, 0) is 16.1 Å². The molecule has 96 valence electrons. The van der Waals surface area contributed by atoms with Crippen LogP contribution in [0.3, 0.4) is 0 Å². The molecule has 0 saturated heterocycles. The molecule has 0 aliphatic rings. The first kappa shape index (κ1) is 14.1. The summed E-state index contributed by atoms with van der Waals surface area (Å²) in [7, 11) is 1.66. The van der Waals surface area contributed by atoms with Crippen molar-refractivity contribution >= 4 is 17.7 Å². The van der Waals surface area contributed by atoms with Crippen molar-refractivity contribution in [3.8, 4) is 0 Å². The smallest absolute Gasteiger partial charge is 0.230 e. The number of nitrogens with two attached hydrogens (primary N) is 1. The molecule has 17 heavy (non-hydrogen) atoms. The highest BCUT2D eigenvalue weighted by Crippen LogP contribution is 2.24. The van der Waals surface area contributed by atoms with Crippen molar-refractivity contribution in [3.05, 3.63) is 11.4 Å². The number of imidazole rings is 1. The van der Waals surface area contributed by atoms with Gasteiger partial charge < -0.3 is 15.0 Å². The number of amides is 1. The molecule has 0 radical (unpaired) electrons. The quantitative estimate of drug-likeness (QED) is 0.775. The SMILES string of the molecule is COCCn1c(SC(C)C(N)=O)nc(C)c1C. The normalized spacial score (nSPS) is 12.7. The van der Waals surface area contributed by atoms with Gasteiger partial charge in [0.25, 0.3) is 0 Å². The number of primary amides is 1. The van der Waals surface area contributed by atoms with Crippen LogP contribution in [0.15, 0.2) is 5.16 Å². The second-order valence-electron chi connectivity index (χ2n) is 3.87. The van der Waals surface area contributed by atoms with E-state index in [4.69, 9.17) is 10.5 Å². The van der Waals surface area contributed by atoms with Gasteiger partial charge in [-0.3, -0.25) is 4.79 Å². The van der Waals surface area contributed by atoms with Gasteiger partial charge in [-0.1, -0.05) is 11.8 Å². The van der Waals surface area contributed by atoms with Crippen LogP contribution in [0.1, 0.15) is 18.3 Å². The Hall–Kier alpha value is -1.01. The molecule has 0 aliphatic heterocycles. The van der Waals surface area contributed by atoms with Crippen molar-refractivity contribution in [2.75, 3.05) is 13.7 Å². The predicted molar refractivity (Wildman–Crippen MR) is 68.1 cm³/mol. The lowest BCUT2D eigenvalue weighted by Crippen LogP contribution is -2.23.